The van der Waals surface area contributed by atoms with Crippen LogP contribution in [0.5, 0.6) is 11.5 Å². The maximum absolute atomic E-state index is 11.9. The number of hydrogen-bond donors (Lipinski definition) is 2. The average molecular weight is 520 g/mol. The molecular weight excluding hydrogens is 482 g/mol. The first kappa shape index (κ1) is 26.1. The molecule has 0 aliphatic heterocycles. The Morgan fingerprint density at radius 2 is 1.74 bits per heavy atom. The Morgan fingerprint density at radius 1 is 0.974 bits per heavy atom. The molecular formula is C30H37N3O5. The fourth-order valence-electron chi connectivity index (χ4n) is 5.33. The van der Waals surface area contributed by atoms with Crippen LogP contribution >= 0.6 is 0 Å². The van der Waals surface area contributed by atoms with Gasteiger partial charge in [0.25, 0.3) is 0 Å². The summed E-state index contributed by atoms with van der Waals surface area (Å²) in [4.78, 5) is 31.4. The van der Waals surface area contributed by atoms with Gasteiger partial charge in [-0.2, -0.15) is 0 Å². The molecule has 2 unspecified atom stereocenters. The second-order valence-corrected chi connectivity index (χ2v) is 10.4. The first-order valence-corrected chi connectivity index (χ1v) is 13.8. The third-order valence-corrected chi connectivity index (χ3v) is 7.71. The van der Waals surface area contributed by atoms with Gasteiger partial charge >= 0.3 is 5.97 Å². The van der Waals surface area contributed by atoms with Gasteiger partial charge in [-0.25, -0.2) is 4.98 Å². The van der Waals surface area contributed by atoms with Gasteiger partial charge in [0.1, 0.15) is 30.4 Å². The predicted octanol–water partition coefficient (Wildman–Crippen LogP) is 4.93. The van der Waals surface area contributed by atoms with Crippen LogP contribution < -0.4 is 14.8 Å². The van der Waals surface area contributed by atoms with Gasteiger partial charge < -0.3 is 24.5 Å². The molecule has 2 heterocycles. The number of benzene rings is 1. The quantitative estimate of drug-likeness (QED) is 0.212. The number of nitrogens with zero attached hydrogens (tertiary/aromatic N) is 1. The number of carbonyl (C=O) groups excluding carboxylic acids is 2. The van der Waals surface area contributed by atoms with Gasteiger partial charge in [0.2, 0.25) is 5.91 Å². The van der Waals surface area contributed by atoms with Gasteiger partial charge in [-0.3, -0.25) is 9.59 Å². The van der Waals surface area contributed by atoms with Crippen molar-refractivity contribution >= 4 is 22.9 Å². The van der Waals surface area contributed by atoms with E-state index in [4.69, 9.17) is 14.2 Å². The summed E-state index contributed by atoms with van der Waals surface area (Å²) in [7, 11) is 1.48. The van der Waals surface area contributed by atoms with E-state index in [2.05, 4.69) is 27.4 Å². The zero-order valence-electron chi connectivity index (χ0n) is 22.0. The summed E-state index contributed by atoms with van der Waals surface area (Å²) in [5.74, 6) is 2.33. The van der Waals surface area contributed by atoms with Gasteiger partial charge in [0, 0.05) is 24.0 Å². The molecule has 2 saturated carbocycles. The summed E-state index contributed by atoms with van der Waals surface area (Å²) in [6.07, 6.45) is 11.4. The molecule has 0 radical (unpaired) electrons. The van der Waals surface area contributed by atoms with E-state index in [1.807, 2.05) is 24.4 Å². The number of ether oxygens (including phenoxy) is 3. The predicted molar refractivity (Wildman–Crippen MR) is 144 cm³/mol. The van der Waals surface area contributed by atoms with E-state index >= 15 is 0 Å². The Hall–Kier alpha value is -3.55. The molecule has 1 amide bonds. The maximum atomic E-state index is 11.9. The first-order valence-electron chi connectivity index (χ1n) is 13.8. The van der Waals surface area contributed by atoms with Crippen molar-refractivity contribution in [1.82, 2.24) is 15.3 Å². The second kappa shape index (κ2) is 12.3. The van der Waals surface area contributed by atoms with Crippen LogP contribution in [0.1, 0.15) is 62.0 Å². The lowest BCUT2D eigenvalue weighted by Gasteiger charge is -2.16. The lowest BCUT2D eigenvalue weighted by Crippen LogP contribution is -2.26. The number of aromatic amines is 1. The minimum Gasteiger partial charge on any atom is -0.490 e. The SMILES string of the molecule is COC(=O)C1CCCC(c2ccc(OCCOc3cnc4[nH]cc(CCNC(=O)C5CC5)c4c3)cc2)CC1. The van der Waals surface area contributed by atoms with Crippen LogP contribution in [-0.4, -0.2) is 48.7 Å². The minimum absolute atomic E-state index is 0.0342. The average Bonchev–Trinajstić information content (AvgIpc) is 3.76. The number of hydrogen-bond acceptors (Lipinski definition) is 6. The number of amides is 1. The molecule has 2 atom stereocenters. The molecule has 2 aliphatic carbocycles. The minimum atomic E-state index is -0.0741. The molecule has 5 rings (SSSR count). The summed E-state index contributed by atoms with van der Waals surface area (Å²) in [5, 5.41) is 4.02. The number of pyridine rings is 1. The highest BCUT2D eigenvalue weighted by Gasteiger charge is 2.29. The molecule has 0 bridgehead atoms. The number of fused-ring (bicyclic) bond motifs is 1. The van der Waals surface area contributed by atoms with Crippen molar-refractivity contribution in [3.8, 4) is 11.5 Å². The van der Waals surface area contributed by atoms with Crippen molar-refractivity contribution in [2.24, 2.45) is 11.8 Å². The molecule has 8 heteroatoms. The van der Waals surface area contributed by atoms with Crippen LogP contribution in [0.3, 0.4) is 0 Å². The van der Waals surface area contributed by atoms with Gasteiger partial charge in [0.05, 0.1) is 19.2 Å². The van der Waals surface area contributed by atoms with Gasteiger partial charge in [0.15, 0.2) is 0 Å². The Morgan fingerprint density at radius 3 is 2.50 bits per heavy atom. The highest BCUT2D eigenvalue weighted by Crippen LogP contribution is 2.35. The van der Waals surface area contributed by atoms with E-state index in [9.17, 15) is 9.59 Å². The fourth-order valence-corrected chi connectivity index (χ4v) is 5.33. The van der Waals surface area contributed by atoms with Crippen LogP contribution in [0.4, 0.5) is 0 Å². The zero-order chi connectivity index (χ0) is 26.3. The summed E-state index contributed by atoms with van der Waals surface area (Å²) < 4.78 is 16.7. The number of H-pyrrole nitrogens is 1. The summed E-state index contributed by atoms with van der Waals surface area (Å²) in [6.45, 7) is 1.45. The number of methoxy groups -OCH3 is 1. The van der Waals surface area contributed by atoms with Crippen LogP contribution in [0.2, 0.25) is 0 Å². The molecule has 0 saturated heterocycles. The van der Waals surface area contributed by atoms with Crippen LogP contribution in [-0.2, 0) is 20.7 Å². The molecule has 202 valence electrons. The molecule has 2 aliphatic rings. The molecule has 2 fully saturated rings. The fraction of sp³-hybridized carbons (Fsp3) is 0.500. The number of nitrogens with one attached hydrogen (secondary N) is 2. The summed E-state index contributed by atoms with van der Waals surface area (Å²) >= 11 is 0. The number of aromatic nitrogens is 2. The van der Waals surface area contributed by atoms with Gasteiger partial charge in [-0.1, -0.05) is 18.6 Å². The topological polar surface area (TPSA) is 103 Å². The van der Waals surface area contributed by atoms with E-state index in [0.29, 0.717) is 31.4 Å². The molecule has 8 nitrogen and oxygen atoms in total. The molecule has 2 N–H and O–H groups in total. The molecule has 3 aromatic rings. The molecule has 1 aromatic carbocycles. The van der Waals surface area contributed by atoms with Crippen molar-refractivity contribution in [3.63, 3.8) is 0 Å². The van der Waals surface area contributed by atoms with E-state index < -0.39 is 0 Å². The largest absolute Gasteiger partial charge is 0.490 e. The maximum Gasteiger partial charge on any atom is 0.308 e. The normalized spacial score (nSPS) is 19.5. The van der Waals surface area contributed by atoms with Crippen LogP contribution in [0.25, 0.3) is 11.0 Å². The Balaban J connectivity index is 1.07. The van der Waals surface area contributed by atoms with E-state index in [0.717, 1.165) is 73.7 Å². The van der Waals surface area contributed by atoms with Crippen molar-refractivity contribution in [1.29, 1.82) is 0 Å². The van der Waals surface area contributed by atoms with E-state index in [-0.39, 0.29) is 23.7 Å². The third kappa shape index (κ3) is 6.65. The van der Waals surface area contributed by atoms with Crippen molar-refractivity contribution < 1.29 is 23.8 Å². The number of rotatable bonds is 11. The van der Waals surface area contributed by atoms with E-state index in [1.165, 1.54) is 12.7 Å². The Labute approximate surface area is 223 Å². The molecule has 0 spiro atoms. The number of esters is 1. The summed E-state index contributed by atoms with van der Waals surface area (Å²) in [5.41, 5.74) is 3.22. The lowest BCUT2D eigenvalue weighted by molar-refractivity contribution is -0.145. The van der Waals surface area contributed by atoms with Crippen LogP contribution in [0, 0.1) is 11.8 Å². The van der Waals surface area contributed by atoms with Crippen molar-refractivity contribution in [2.45, 2.75) is 57.3 Å². The third-order valence-electron chi connectivity index (χ3n) is 7.71. The second-order valence-electron chi connectivity index (χ2n) is 10.4. The van der Waals surface area contributed by atoms with Crippen molar-refractivity contribution in [3.05, 3.63) is 53.9 Å². The Bertz CT molecular complexity index is 1230. The molecule has 2 aromatic heterocycles. The van der Waals surface area contributed by atoms with Gasteiger partial charge in [-0.05, 0) is 80.2 Å². The smallest absolute Gasteiger partial charge is 0.308 e. The highest BCUT2D eigenvalue weighted by atomic mass is 16.5. The first-order chi connectivity index (χ1) is 18.6. The zero-order valence-corrected chi connectivity index (χ0v) is 22.0. The standard InChI is InChI=1S/C30H37N3O5/c1-36-30(35)23-4-2-3-20(5-8-23)21-9-11-25(12-10-21)37-15-16-38-26-17-27-24(18-32-28(27)33-19-26)13-14-31-29(34)22-6-7-22/h9-12,17-20,22-23H,2-8,13-16H2,1H3,(H,31,34)(H,32,33). The summed E-state index contributed by atoms with van der Waals surface area (Å²) in [6, 6.07) is 10.3. The lowest BCUT2D eigenvalue weighted by atomic mass is 9.91. The number of carbonyl (C=O) groups is 2. The molecule has 38 heavy (non-hydrogen) atoms. The Kier molecular flexibility index (Phi) is 8.46. The van der Waals surface area contributed by atoms with Gasteiger partial charge in [-0.15, -0.1) is 0 Å². The highest BCUT2D eigenvalue weighted by molar-refractivity contribution is 5.82. The van der Waals surface area contributed by atoms with Crippen LogP contribution in [0.15, 0.2) is 42.7 Å². The van der Waals surface area contributed by atoms with Crippen molar-refractivity contribution in [2.75, 3.05) is 26.9 Å². The van der Waals surface area contributed by atoms with E-state index in [1.54, 1.807) is 6.20 Å². The monoisotopic (exact) mass is 519 g/mol.